The van der Waals surface area contributed by atoms with Crippen LogP contribution in [0.3, 0.4) is 0 Å². The number of nitrogens with zero attached hydrogens (tertiary/aromatic N) is 5. The van der Waals surface area contributed by atoms with Gasteiger partial charge in [0.1, 0.15) is 12.2 Å². The molecule has 1 saturated heterocycles. The molecular weight excluding hydrogens is 296 g/mol. The third-order valence-electron chi connectivity index (χ3n) is 3.12. The van der Waals surface area contributed by atoms with Crippen molar-refractivity contribution in [2.75, 3.05) is 11.4 Å². The Morgan fingerprint density at radius 2 is 2.06 bits per heavy atom. The smallest absolute Gasteiger partial charge is 0.225 e. The predicted molar refractivity (Wildman–Crippen MR) is 70.1 cm³/mol. The lowest BCUT2D eigenvalue weighted by atomic mass is 10.0. The minimum atomic E-state index is 0.197. The van der Waals surface area contributed by atoms with Crippen LogP contribution in [0.1, 0.15) is 31.1 Å². The summed E-state index contributed by atoms with van der Waals surface area (Å²) in [5.41, 5.74) is 0. The average Bonchev–Trinajstić information content (AvgIpc) is 2.93. The van der Waals surface area contributed by atoms with E-state index in [2.05, 4.69) is 46.0 Å². The van der Waals surface area contributed by atoms with Gasteiger partial charge in [0.2, 0.25) is 5.95 Å². The summed E-state index contributed by atoms with van der Waals surface area (Å²) in [5, 5.41) is 6.88. The maximum atomic E-state index is 4.37. The Morgan fingerprint density at radius 1 is 1.22 bits per heavy atom. The zero-order valence-electron chi connectivity index (χ0n) is 9.75. The summed E-state index contributed by atoms with van der Waals surface area (Å²) in [7, 11) is 0. The zero-order chi connectivity index (χ0) is 12.4. The molecule has 0 aromatic carbocycles. The number of H-pyrrole nitrogens is 1. The van der Waals surface area contributed by atoms with E-state index in [1.165, 1.54) is 6.42 Å². The van der Waals surface area contributed by atoms with Crippen LogP contribution in [0.5, 0.6) is 0 Å². The van der Waals surface area contributed by atoms with E-state index in [1.54, 1.807) is 18.7 Å². The molecule has 1 aliphatic rings. The second kappa shape index (κ2) is 5.01. The van der Waals surface area contributed by atoms with E-state index in [0.29, 0.717) is 0 Å². The average molecular weight is 309 g/mol. The Kier molecular flexibility index (Phi) is 3.22. The maximum absolute atomic E-state index is 4.37. The van der Waals surface area contributed by atoms with Gasteiger partial charge in [0, 0.05) is 18.9 Å². The van der Waals surface area contributed by atoms with E-state index in [1.807, 2.05) is 0 Å². The van der Waals surface area contributed by atoms with Crippen LogP contribution < -0.4 is 4.90 Å². The molecule has 2 aromatic rings. The monoisotopic (exact) mass is 308 g/mol. The number of piperidine rings is 1. The van der Waals surface area contributed by atoms with Crippen LogP contribution in [0.4, 0.5) is 5.95 Å². The summed E-state index contributed by atoms with van der Waals surface area (Å²) < 4.78 is 0.888. The SMILES string of the molecule is Brc1cnc(N2CCCC[C@H]2c2ncn[nH]2)nc1. The van der Waals surface area contributed by atoms with Gasteiger partial charge < -0.3 is 4.90 Å². The van der Waals surface area contributed by atoms with Crippen LogP contribution in [-0.4, -0.2) is 31.7 Å². The lowest BCUT2D eigenvalue weighted by Crippen LogP contribution is -2.35. The number of hydrogen-bond donors (Lipinski definition) is 1. The number of halogens is 1. The fourth-order valence-corrected chi connectivity index (χ4v) is 2.49. The van der Waals surface area contributed by atoms with Crippen LogP contribution in [-0.2, 0) is 0 Å². The molecule has 7 heteroatoms. The van der Waals surface area contributed by atoms with Gasteiger partial charge >= 0.3 is 0 Å². The molecule has 0 spiro atoms. The van der Waals surface area contributed by atoms with Gasteiger partial charge in [-0.3, -0.25) is 5.10 Å². The summed E-state index contributed by atoms with van der Waals surface area (Å²) in [5.74, 6) is 1.64. The number of nitrogens with one attached hydrogen (secondary N) is 1. The topological polar surface area (TPSA) is 70.6 Å². The number of hydrogen-bond acceptors (Lipinski definition) is 5. The van der Waals surface area contributed by atoms with E-state index >= 15 is 0 Å². The normalized spacial score (nSPS) is 20.1. The third-order valence-corrected chi connectivity index (χ3v) is 3.53. The number of rotatable bonds is 2. The van der Waals surface area contributed by atoms with Gasteiger partial charge in [0.15, 0.2) is 0 Å². The maximum Gasteiger partial charge on any atom is 0.225 e. The van der Waals surface area contributed by atoms with Crippen LogP contribution in [0.25, 0.3) is 0 Å². The highest BCUT2D eigenvalue weighted by molar-refractivity contribution is 9.10. The quantitative estimate of drug-likeness (QED) is 0.920. The fraction of sp³-hybridized carbons (Fsp3) is 0.455. The first-order chi connectivity index (χ1) is 8.84. The molecule has 94 valence electrons. The number of aromatic nitrogens is 5. The van der Waals surface area contributed by atoms with E-state index in [-0.39, 0.29) is 6.04 Å². The molecule has 18 heavy (non-hydrogen) atoms. The van der Waals surface area contributed by atoms with E-state index in [0.717, 1.165) is 35.6 Å². The van der Waals surface area contributed by atoms with Gasteiger partial charge in [0.25, 0.3) is 0 Å². The van der Waals surface area contributed by atoms with Gasteiger partial charge in [-0.15, -0.1) is 0 Å². The van der Waals surface area contributed by atoms with Crippen LogP contribution in [0.15, 0.2) is 23.2 Å². The Morgan fingerprint density at radius 3 is 2.78 bits per heavy atom. The summed E-state index contributed by atoms with van der Waals surface area (Å²) in [6.07, 6.45) is 8.49. The second-order valence-corrected chi connectivity index (χ2v) is 5.19. The summed E-state index contributed by atoms with van der Waals surface area (Å²) >= 11 is 3.35. The second-order valence-electron chi connectivity index (χ2n) is 4.28. The molecule has 3 rings (SSSR count). The number of aromatic amines is 1. The largest absolute Gasteiger partial charge is 0.331 e. The molecule has 1 fully saturated rings. The van der Waals surface area contributed by atoms with Crippen molar-refractivity contribution in [1.82, 2.24) is 25.1 Å². The molecule has 1 atom stereocenters. The first-order valence-corrected chi connectivity index (χ1v) is 6.73. The highest BCUT2D eigenvalue weighted by Gasteiger charge is 2.27. The first kappa shape index (κ1) is 11.6. The van der Waals surface area contributed by atoms with Crippen LogP contribution in [0, 0.1) is 0 Å². The van der Waals surface area contributed by atoms with E-state index in [4.69, 9.17) is 0 Å². The predicted octanol–water partition coefficient (Wildman–Crippen LogP) is 2.09. The van der Waals surface area contributed by atoms with E-state index < -0.39 is 0 Å². The molecule has 6 nitrogen and oxygen atoms in total. The van der Waals surface area contributed by atoms with E-state index in [9.17, 15) is 0 Å². The lowest BCUT2D eigenvalue weighted by Gasteiger charge is -2.34. The molecule has 0 radical (unpaired) electrons. The summed E-state index contributed by atoms with van der Waals surface area (Å²) in [4.78, 5) is 15.2. The molecule has 0 unspecified atom stereocenters. The van der Waals surface area contributed by atoms with Crippen molar-refractivity contribution in [3.63, 3.8) is 0 Å². The number of anilines is 1. The zero-order valence-corrected chi connectivity index (χ0v) is 11.3. The first-order valence-electron chi connectivity index (χ1n) is 5.94. The minimum Gasteiger partial charge on any atom is -0.331 e. The third kappa shape index (κ3) is 2.22. The van der Waals surface area contributed by atoms with Crippen molar-refractivity contribution >= 4 is 21.9 Å². The van der Waals surface area contributed by atoms with Gasteiger partial charge in [-0.2, -0.15) is 5.10 Å². The summed E-state index contributed by atoms with van der Waals surface area (Å²) in [6.45, 7) is 0.951. The Hall–Kier alpha value is -1.50. The molecule has 0 amide bonds. The highest BCUT2D eigenvalue weighted by Crippen LogP contribution is 2.31. The molecule has 0 bridgehead atoms. The Balaban J connectivity index is 1.90. The van der Waals surface area contributed by atoms with Crippen molar-refractivity contribution < 1.29 is 0 Å². The molecule has 0 aliphatic carbocycles. The Bertz CT molecular complexity index is 497. The molecular formula is C11H13BrN6. The van der Waals surface area contributed by atoms with Gasteiger partial charge in [-0.1, -0.05) is 0 Å². The van der Waals surface area contributed by atoms with Crippen LogP contribution in [0.2, 0.25) is 0 Å². The molecule has 1 N–H and O–H groups in total. The standard InChI is InChI=1S/C11H13BrN6/c12-8-5-13-11(14-6-8)18-4-2-1-3-9(18)10-15-7-16-17-10/h5-7,9H,1-4H2,(H,15,16,17)/t9-/m0/s1. The van der Waals surface area contributed by atoms with Crippen molar-refractivity contribution in [3.8, 4) is 0 Å². The van der Waals surface area contributed by atoms with Crippen LogP contribution >= 0.6 is 15.9 Å². The van der Waals surface area contributed by atoms with Gasteiger partial charge in [0.05, 0.1) is 10.5 Å². The Labute approximate surface area is 113 Å². The molecule has 3 heterocycles. The van der Waals surface area contributed by atoms with Crippen molar-refractivity contribution in [2.45, 2.75) is 25.3 Å². The van der Waals surface area contributed by atoms with Crippen molar-refractivity contribution in [1.29, 1.82) is 0 Å². The summed E-state index contributed by atoms with van der Waals surface area (Å²) in [6, 6.07) is 0.197. The molecule has 1 aliphatic heterocycles. The minimum absolute atomic E-state index is 0.197. The van der Waals surface area contributed by atoms with Crippen molar-refractivity contribution in [3.05, 3.63) is 29.0 Å². The fourth-order valence-electron chi connectivity index (χ4n) is 2.28. The van der Waals surface area contributed by atoms with Crippen molar-refractivity contribution in [2.24, 2.45) is 0 Å². The molecule has 2 aromatic heterocycles. The van der Waals surface area contributed by atoms with Gasteiger partial charge in [-0.05, 0) is 35.2 Å². The lowest BCUT2D eigenvalue weighted by molar-refractivity contribution is 0.450. The van der Waals surface area contributed by atoms with Gasteiger partial charge in [-0.25, -0.2) is 15.0 Å². The molecule has 0 saturated carbocycles. The highest BCUT2D eigenvalue weighted by atomic mass is 79.9.